The summed E-state index contributed by atoms with van der Waals surface area (Å²) in [6.07, 6.45) is -0.469. The first-order valence-electron chi connectivity index (χ1n) is 9.56. The zero-order valence-corrected chi connectivity index (χ0v) is 19.3. The fourth-order valence-corrected chi connectivity index (χ4v) is 3.98. The molecule has 0 aliphatic rings. The van der Waals surface area contributed by atoms with E-state index in [-0.39, 0.29) is 16.7 Å². The first kappa shape index (κ1) is 23.4. The van der Waals surface area contributed by atoms with E-state index in [1.54, 1.807) is 12.1 Å². The molecule has 1 atom stereocenters. The molecule has 31 heavy (non-hydrogen) atoms. The third-order valence-corrected chi connectivity index (χ3v) is 5.87. The summed E-state index contributed by atoms with van der Waals surface area (Å²) in [5, 5.41) is 12.7. The number of rotatable bonds is 9. The Bertz CT molecular complexity index is 1050. The van der Waals surface area contributed by atoms with Gasteiger partial charge in [-0.25, -0.2) is 4.39 Å². The topological polar surface area (TPSA) is 69.0 Å². The fraction of sp³-hybridized carbons (Fsp3) is 0.286. The van der Waals surface area contributed by atoms with Gasteiger partial charge >= 0.3 is 0 Å². The van der Waals surface area contributed by atoms with Crippen molar-refractivity contribution >= 4 is 40.9 Å². The summed E-state index contributed by atoms with van der Waals surface area (Å²) in [6.45, 7) is 4.78. The van der Waals surface area contributed by atoms with Crippen molar-refractivity contribution in [3.63, 3.8) is 0 Å². The number of nitrogens with zero attached hydrogens (tertiary/aromatic N) is 3. The van der Waals surface area contributed by atoms with Crippen LogP contribution in [0, 0.1) is 5.82 Å². The van der Waals surface area contributed by atoms with E-state index in [0.717, 1.165) is 5.56 Å². The average molecular weight is 483 g/mol. The maximum atomic E-state index is 13.2. The van der Waals surface area contributed by atoms with Crippen molar-refractivity contribution < 1.29 is 13.9 Å². The lowest BCUT2D eigenvalue weighted by molar-refractivity contribution is -0.118. The molecule has 3 aromatic rings. The van der Waals surface area contributed by atoms with Crippen LogP contribution < -0.4 is 10.1 Å². The molecule has 6 nitrogen and oxygen atoms in total. The van der Waals surface area contributed by atoms with Crippen molar-refractivity contribution in [3.05, 3.63) is 69.7 Å². The number of ether oxygens (including phenoxy) is 1. The van der Waals surface area contributed by atoms with Crippen LogP contribution in [0.3, 0.4) is 0 Å². The number of thioether (sulfide) groups is 1. The van der Waals surface area contributed by atoms with Gasteiger partial charge in [-0.05, 0) is 49.7 Å². The average Bonchev–Trinajstić information content (AvgIpc) is 3.17. The van der Waals surface area contributed by atoms with Crippen LogP contribution in [0.5, 0.6) is 5.75 Å². The Morgan fingerprint density at radius 1 is 1.23 bits per heavy atom. The molecule has 0 radical (unpaired) electrons. The minimum Gasteiger partial charge on any atom is -0.481 e. The van der Waals surface area contributed by atoms with Gasteiger partial charge in [-0.1, -0.05) is 47.1 Å². The van der Waals surface area contributed by atoms with Crippen molar-refractivity contribution in [2.45, 2.75) is 38.2 Å². The number of amides is 1. The molecular weight excluding hydrogens is 462 g/mol. The molecule has 10 heteroatoms. The molecular formula is C21H21Cl2FN4O2S. The van der Waals surface area contributed by atoms with E-state index in [2.05, 4.69) is 15.5 Å². The molecule has 1 amide bonds. The lowest BCUT2D eigenvalue weighted by Gasteiger charge is -2.16. The van der Waals surface area contributed by atoms with Crippen LogP contribution in [-0.4, -0.2) is 26.4 Å². The minimum atomic E-state index is -0.469. The summed E-state index contributed by atoms with van der Waals surface area (Å²) in [7, 11) is 0. The number of carbonyl (C=O) groups is 1. The largest absolute Gasteiger partial charge is 0.481 e. The van der Waals surface area contributed by atoms with Crippen LogP contribution in [0.25, 0.3) is 0 Å². The summed E-state index contributed by atoms with van der Waals surface area (Å²) in [5.74, 6) is 0.596. The summed E-state index contributed by atoms with van der Waals surface area (Å²) in [5.41, 5.74) is 0.965. The SMILES string of the molecule is CCn1c(SCC(=O)NCc2ccc(Cl)cc2)nnc1C(C)Oc1ccc(F)cc1Cl. The molecule has 0 saturated heterocycles. The first-order valence-corrected chi connectivity index (χ1v) is 11.3. The maximum Gasteiger partial charge on any atom is 0.230 e. The molecule has 3 rings (SSSR count). The van der Waals surface area contributed by atoms with Crippen LogP contribution in [0.1, 0.15) is 31.3 Å². The summed E-state index contributed by atoms with van der Waals surface area (Å²) >= 11 is 13.2. The zero-order chi connectivity index (χ0) is 22.4. The molecule has 0 fully saturated rings. The molecule has 0 aliphatic heterocycles. The Balaban J connectivity index is 1.58. The van der Waals surface area contributed by atoms with Gasteiger partial charge in [-0.3, -0.25) is 4.79 Å². The highest BCUT2D eigenvalue weighted by Gasteiger charge is 2.20. The maximum absolute atomic E-state index is 13.2. The van der Waals surface area contributed by atoms with Crippen LogP contribution in [0.2, 0.25) is 10.0 Å². The van der Waals surface area contributed by atoms with Gasteiger partial charge in [0.2, 0.25) is 5.91 Å². The Labute approximate surface area is 194 Å². The third kappa shape index (κ3) is 6.35. The zero-order valence-electron chi connectivity index (χ0n) is 16.9. The second kappa shape index (κ2) is 10.8. The van der Waals surface area contributed by atoms with Crippen molar-refractivity contribution in [1.82, 2.24) is 20.1 Å². The molecule has 0 saturated carbocycles. The predicted octanol–water partition coefficient (Wildman–Crippen LogP) is 5.29. The van der Waals surface area contributed by atoms with E-state index in [9.17, 15) is 9.18 Å². The number of benzene rings is 2. The minimum absolute atomic E-state index is 0.116. The Morgan fingerprint density at radius 3 is 2.65 bits per heavy atom. The van der Waals surface area contributed by atoms with E-state index in [1.165, 1.54) is 30.0 Å². The molecule has 1 N–H and O–H groups in total. The van der Waals surface area contributed by atoms with Gasteiger partial charge in [-0.2, -0.15) is 0 Å². The number of carbonyl (C=O) groups excluding carboxylic acids is 1. The van der Waals surface area contributed by atoms with Crippen molar-refractivity contribution in [3.8, 4) is 5.75 Å². The second-order valence-corrected chi connectivity index (χ2v) is 8.40. The summed E-state index contributed by atoms with van der Waals surface area (Å²) in [6, 6.07) is 11.2. The van der Waals surface area contributed by atoms with Gasteiger partial charge in [0.15, 0.2) is 17.1 Å². The van der Waals surface area contributed by atoms with E-state index >= 15 is 0 Å². The Hall–Kier alpha value is -2.29. The van der Waals surface area contributed by atoms with Gasteiger partial charge < -0.3 is 14.6 Å². The van der Waals surface area contributed by atoms with Crippen molar-refractivity contribution in [1.29, 1.82) is 0 Å². The monoisotopic (exact) mass is 482 g/mol. The molecule has 0 bridgehead atoms. The fourth-order valence-electron chi connectivity index (χ4n) is 2.80. The highest BCUT2D eigenvalue weighted by Crippen LogP contribution is 2.30. The Kier molecular flexibility index (Phi) is 8.17. The van der Waals surface area contributed by atoms with Crippen LogP contribution in [-0.2, 0) is 17.9 Å². The number of aromatic nitrogens is 3. The number of nitrogens with one attached hydrogen (secondary N) is 1. The van der Waals surface area contributed by atoms with E-state index in [1.807, 2.05) is 30.5 Å². The van der Waals surface area contributed by atoms with E-state index < -0.39 is 11.9 Å². The van der Waals surface area contributed by atoms with Crippen LogP contribution in [0.15, 0.2) is 47.6 Å². The molecule has 0 aliphatic carbocycles. The third-order valence-electron chi connectivity index (χ3n) is 4.36. The lowest BCUT2D eigenvalue weighted by atomic mass is 10.2. The van der Waals surface area contributed by atoms with Crippen LogP contribution in [0.4, 0.5) is 4.39 Å². The van der Waals surface area contributed by atoms with Gasteiger partial charge in [0.05, 0.1) is 10.8 Å². The number of hydrogen-bond acceptors (Lipinski definition) is 5. The molecule has 0 spiro atoms. The standard InChI is InChI=1S/C21H21Cl2FN4O2S/c1-3-28-20(13(2)30-18-9-8-16(24)10-17(18)23)26-27-21(28)31-12-19(29)25-11-14-4-6-15(22)7-5-14/h4-10,13H,3,11-12H2,1-2H3,(H,25,29). The van der Waals surface area contributed by atoms with E-state index in [0.29, 0.717) is 34.8 Å². The highest BCUT2D eigenvalue weighted by atomic mass is 35.5. The predicted molar refractivity (Wildman–Crippen MR) is 120 cm³/mol. The van der Waals surface area contributed by atoms with Crippen molar-refractivity contribution in [2.75, 3.05) is 5.75 Å². The van der Waals surface area contributed by atoms with Gasteiger partial charge in [0, 0.05) is 18.1 Å². The number of hydrogen-bond donors (Lipinski definition) is 1. The van der Waals surface area contributed by atoms with Gasteiger partial charge in [-0.15, -0.1) is 10.2 Å². The second-order valence-electron chi connectivity index (χ2n) is 6.61. The van der Waals surface area contributed by atoms with E-state index in [4.69, 9.17) is 27.9 Å². The smallest absolute Gasteiger partial charge is 0.230 e. The van der Waals surface area contributed by atoms with Crippen molar-refractivity contribution in [2.24, 2.45) is 0 Å². The van der Waals surface area contributed by atoms with Gasteiger partial charge in [0.1, 0.15) is 11.6 Å². The first-order chi connectivity index (χ1) is 14.9. The summed E-state index contributed by atoms with van der Waals surface area (Å²) in [4.78, 5) is 12.2. The van der Waals surface area contributed by atoms with Gasteiger partial charge in [0.25, 0.3) is 0 Å². The molecule has 1 heterocycles. The molecule has 1 aromatic heterocycles. The quantitative estimate of drug-likeness (QED) is 0.419. The number of halogens is 3. The Morgan fingerprint density at radius 2 is 1.97 bits per heavy atom. The molecule has 1 unspecified atom stereocenters. The molecule has 164 valence electrons. The van der Waals surface area contributed by atoms with Crippen LogP contribution >= 0.6 is 35.0 Å². The normalized spacial score (nSPS) is 11.9. The summed E-state index contributed by atoms with van der Waals surface area (Å²) < 4.78 is 21.0. The highest BCUT2D eigenvalue weighted by molar-refractivity contribution is 7.99. The lowest BCUT2D eigenvalue weighted by Crippen LogP contribution is -2.24. The molecule has 2 aromatic carbocycles.